The number of carbonyl (C=O) groups excluding carboxylic acids is 1. The number of rotatable bonds is 2. The number of carbonyl (C=O) groups is 1. The van der Waals surface area contributed by atoms with E-state index >= 15 is 0 Å². The number of hydrogen-bond acceptors (Lipinski definition) is 4. The molecule has 0 aromatic carbocycles. The summed E-state index contributed by atoms with van der Waals surface area (Å²) in [5.41, 5.74) is 1.22. The van der Waals surface area contributed by atoms with E-state index in [1.54, 1.807) is 0 Å². The molecule has 1 atom stereocenters. The molecule has 2 amide bonds. The predicted octanol–water partition coefficient (Wildman–Crippen LogP) is 2.53. The molecule has 1 unspecified atom stereocenters. The van der Waals surface area contributed by atoms with Crippen LogP contribution in [-0.4, -0.2) is 30.3 Å². The van der Waals surface area contributed by atoms with Gasteiger partial charge in [-0.15, -0.1) is 11.3 Å². The van der Waals surface area contributed by atoms with Crippen molar-refractivity contribution in [2.24, 2.45) is 5.41 Å². The number of hydrogen-bond donors (Lipinski definition) is 2. The molecule has 6 heteroatoms. The molecule has 5 nitrogen and oxygen atoms in total. The van der Waals surface area contributed by atoms with Crippen molar-refractivity contribution in [1.82, 2.24) is 10.3 Å². The van der Waals surface area contributed by atoms with Gasteiger partial charge in [-0.25, -0.2) is 9.78 Å². The minimum absolute atomic E-state index is 0.134. The second-order valence-corrected chi connectivity index (χ2v) is 6.32. The van der Waals surface area contributed by atoms with Gasteiger partial charge in [-0.05, 0) is 38.0 Å². The van der Waals surface area contributed by atoms with Crippen LogP contribution in [0.25, 0.3) is 0 Å². The zero-order valence-electron chi connectivity index (χ0n) is 11.1. The monoisotopic (exact) mass is 281 g/mol. The highest BCUT2D eigenvalue weighted by Gasteiger charge is 2.47. The van der Waals surface area contributed by atoms with Crippen LogP contribution in [0.2, 0.25) is 0 Å². The van der Waals surface area contributed by atoms with Gasteiger partial charge in [0.05, 0.1) is 5.69 Å². The molecule has 19 heavy (non-hydrogen) atoms. The van der Waals surface area contributed by atoms with Gasteiger partial charge >= 0.3 is 6.03 Å². The fourth-order valence-electron chi connectivity index (χ4n) is 3.00. The Morgan fingerprint density at radius 3 is 2.84 bits per heavy atom. The van der Waals surface area contributed by atoms with Gasteiger partial charge in [-0.3, -0.25) is 5.32 Å². The summed E-state index contributed by atoms with van der Waals surface area (Å²) < 4.78 is 5.42. The third-order valence-electron chi connectivity index (χ3n) is 4.30. The van der Waals surface area contributed by atoms with E-state index in [1.165, 1.54) is 17.8 Å². The van der Waals surface area contributed by atoms with Crippen LogP contribution in [0.5, 0.6) is 0 Å². The Kier molecular flexibility index (Phi) is 3.45. The maximum Gasteiger partial charge on any atom is 0.321 e. The minimum Gasteiger partial charge on any atom is -0.381 e. The molecule has 104 valence electrons. The van der Waals surface area contributed by atoms with E-state index in [2.05, 4.69) is 15.6 Å². The van der Waals surface area contributed by atoms with Crippen molar-refractivity contribution in [2.75, 3.05) is 18.5 Å². The number of ether oxygens (including phenoxy) is 1. The molecule has 1 saturated carbocycles. The van der Waals surface area contributed by atoms with Crippen molar-refractivity contribution < 1.29 is 9.53 Å². The van der Waals surface area contributed by atoms with Crippen molar-refractivity contribution in [2.45, 2.75) is 38.6 Å². The second kappa shape index (κ2) is 5.09. The van der Waals surface area contributed by atoms with Gasteiger partial charge in [0.15, 0.2) is 5.13 Å². The van der Waals surface area contributed by atoms with Crippen molar-refractivity contribution in [1.29, 1.82) is 0 Å². The molecule has 1 aromatic rings. The van der Waals surface area contributed by atoms with E-state index in [0.717, 1.165) is 38.2 Å². The molecule has 2 N–H and O–H groups in total. The summed E-state index contributed by atoms with van der Waals surface area (Å²) in [4.78, 5) is 16.2. The van der Waals surface area contributed by atoms with Crippen LogP contribution in [0.3, 0.4) is 0 Å². The first-order chi connectivity index (χ1) is 9.18. The Morgan fingerprint density at radius 2 is 2.26 bits per heavy atom. The summed E-state index contributed by atoms with van der Waals surface area (Å²) in [7, 11) is 0. The van der Waals surface area contributed by atoms with Crippen LogP contribution in [0.15, 0.2) is 5.38 Å². The smallest absolute Gasteiger partial charge is 0.321 e. The summed E-state index contributed by atoms with van der Waals surface area (Å²) in [5.74, 6) is 0. The lowest BCUT2D eigenvalue weighted by atomic mass is 9.60. The summed E-state index contributed by atoms with van der Waals surface area (Å²) >= 11 is 1.45. The van der Waals surface area contributed by atoms with Gasteiger partial charge in [0.25, 0.3) is 0 Å². The number of nitrogens with one attached hydrogen (secondary N) is 2. The first kappa shape index (κ1) is 12.9. The van der Waals surface area contributed by atoms with E-state index in [1.807, 2.05) is 12.3 Å². The lowest BCUT2D eigenvalue weighted by molar-refractivity contribution is -0.0507. The second-order valence-electron chi connectivity index (χ2n) is 5.46. The molecule has 2 fully saturated rings. The van der Waals surface area contributed by atoms with Gasteiger partial charge in [0.2, 0.25) is 0 Å². The highest BCUT2D eigenvalue weighted by Crippen LogP contribution is 2.48. The van der Waals surface area contributed by atoms with Crippen LogP contribution in [0, 0.1) is 12.3 Å². The number of urea groups is 1. The van der Waals surface area contributed by atoms with E-state index in [9.17, 15) is 4.79 Å². The Bertz CT molecular complexity index is 468. The third kappa shape index (κ3) is 2.60. The Labute approximate surface area is 116 Å². The molecule has 2 aliphatic rings. The highest BCUT2D eigenvalue weighted by atomic mass is 32.1. The van der Waals surface area contributed by atoms with Crippen molar-refractivity contribution >= 4 is 22.5 Å². The predicted molar refractivity (Wildman–Crippen MR) is 74.5 cm³/mol. The fourth-order valence-corrected chi connectivity index (χ4v) is 3.68. The zero-order chi connectivity index (χ0) is 13.3. The SMILES string of the molecule is Cc1csc(NC(=O)NC2CCC23CCOCC3)n1. The number of amides is 2. The Morgan fingerprint density at radius 1 is 1.47 bits per heavy atom. The maximum atomic E-state index is 12.0. The lowest BCUT2D eigenvalue weighted by Gasteiger charge is -2.51. The van der Waals surface area contributed by atoms with E-state index in [-0.39, 0.29) is 17.5 Å². The highest BCUT2D eigenvalue weighted by molar-refractivity contribution is 7.13. The van der Waals surface area contributed by atoms with Crippen LogP contribution in [0.4, 0.5) is 9.93 Å². The van der Waals surface area contributed by atoms with E-state index in [0.29, 0.717) is 5.13 Å². The van der Waals surface area contributed by atoms with Gasteiger partial charge in [0.1, 0.15) is 0 Å². The summed E-state index contributed by atoms with van der Waals surface area (Å²) in [6.07, 6.45) is 4.41. The number of nitrogens with zero attached hydrogens (tertiary/aromatic N) is 1. The number of anilines is 1. The van der Waals surface area contributed by atoms with Crippen molar-refractivity contribution in [3.05, 3.63) is 11.1 Å². The largest absolute Gasteiger partial charge is 0.381 e. The standard InChI is InChI=1S/C13H19N3O2S/c1-9-8-19-12(14-9)16-11(17)15-10-2-3-13(10)4-6-18-7-5-13/h8,10H,2-7H2,1H3,(H2,14,15,16,17). The summed E-state index contributed by atoms with van der Waals surface area (Å²) in [5, 5.41) is 8.50. The molecule has 0 radical (unpaired) electrons. The molecule has 2 heterocycles. The molecule has 3 rings (SSSR count). The first-order valence-electron chi connectivity index (χ1n) is 6.75. The molecule has 1 aromatic heterocycles. The summed E-state index contributed by atoms with van der Waals surface area (Å²) in [6.45, 7) is 3.57. The quantitative estimate of drug-likeness (QED) is 0.875. The van der Waals surface area contributed by atoms with Gasteiger partial charge < -0.3 is 10.1 Å². The van der Waals surface area contributed by atoms with Gasteiger partial charge in [-0.2, -0.15) is 0 Å². The average molecular weight is 281 g/mol. The van der Waals surface area contributed by atoms with Gasteiger partial charge in [0, 0.05) is 24.6 Å². The molecular formula is C13H19N3O2S. The molecule has 0 bridgehead atoms. The van der Waals surface area contributed by atoms with Crippen molar-refractivity contribution in [3.8, 4) is 0 Å². The average Bonchev–Trinajstić information content (AvgIpc) is 2.81. The van der Waals surface area contributed by atoms with Gasteiger partial charge in [-0.1, -0.05) is 0 Å². The maximum absolute atomic E-state index is 12.0. The molecule has 1 saturated heterocycles. The Hall–Kier alpha value is -1.14. The molecule has 1 spiro atoms. The third-order valence-corrected chi connectivity index (χ3v) is 5.18. The van der Waals surface area contributed by atoms with Crippen LogP contribution < -0.4 is 10.6 Å². The van der Waals surface area contributed by atoms with E-state index in [4.69, 9.17) is 4.74 Å². The molecular weight excluding hydrogens is 262 g/mol. The molecule has 1 aliphatic heterocycles. The minimum atomic E-state index is -0.134. The normalized spacial score (nSPS) is 24.8. The van der Waals surface area contributed by atoms with Crippen molar-refractivity contribution in [3.63, 3.8) is 0 Å². The van der Waals surface area contributed by atoms with Crippen LogP contribution in [-0.2, 0) is 4.74 Å². The fraction of sp³-hybridized carbons (Fsp3) is 0.692. The first-order valence-corrected chi connectivity index (χ1v) is 7.63. The number of aryl methyl sites for hydroxylation is 1. The zero-order valence-corrected chi connectivity index (χ0v) is 11.9. The number of aromatic nitrogens is 1. The topological polar surface area (TPSA) is 63.2 Å². The Balaban J connectivity index is 1.55. The lowest BCUT2D eigenvalue weighted by Crippen LogP contribution is -2.57. The van der Waals surface area contributed by atoms with Crippen LogP contribution in [0.1, 0.15) is 31.4 Å². The van der Waals surface area contributed by atoms with E-state index < -0.39 is 0 Å². The molecule has 1 aliphatic carbocycles. The summed E-state index contributed by atoms with van der Waals surface area (Å²) in [6, 6.07) is 0.155. The number of thiazole rings is 1. The van der Waals surface area contributed by atoms with Crippen LogP contribution >= 0.6 is 11.3 Å².